The van der Waals surface area contributed by atoms with Crippen LogP contribution in [0.4, 0.5) is 0 Å². The van der Waals surface area contributed by atoms with Crippen LogP contribution in [0.1, 0.15) is 44.2 Å². The van der Waals surface area contributed by atoms with Crippen LogP contribution < -0.4 is 5.32 Å². The van der Waals surface area contributed by atoms with Crippen LogP contribution in [0.15, 0.2) is 24.3 Å². The molecule has 0 aliphatic carbocycles. The van der Waals surface area contributed by atoms with E-state index < -0.39 is 8.80 Å². The second-order valence-electron chi connectivity index (χ2n) is 5.69. The highest BCUT2D eigenvalue weighted by molar-refractivity contribution is 6.58. The third-order valence-corrected chi connectivity index (χ3v) is 7.57. The molecule has 0 aromatic heterocycles. The maximum atomic E-state index is 11.8. The van der Waals surface area contributed by atoms with Crippen molar-refractivity contribution in [1.29, 1.82) is 0 Å². The van der Waals surface area contributed by atoms with Crippen molar-refractivity contribution in [3.8, 4) is 0 Å². The molecule has 0 fully saturated rings. The van der Waals surface area contributed by atoms with Gasteiger partial charge in [0.15, 0.2) is 0 Å². The zero-order chi connectivity index (χ0) is 14.8. The summed E-state index contributed by atoms with van der Waals surface area (Å²) < 4.78 is 0. The van der Waals surface area contributed by atoms with E-state index >= 15 is 0 Å². The van der Waals surface area contributed by atoms with Crippen LogP contribution in [0.25, 0.3) is 0 Å². The van der Waals surface area contributed by atoms with Gasteiger partial charge in [0.2, 0.25) is 5.91 Å². The van der Waals surface area contributed by atoms with Gasteiger partial charge in [-0.15, -0.1) is 0 Å². The normalized spacial score (nSPS) is 10.8. The summed E-state index contributed by atoms with van der Waals surface area (Å²) in [5, 5.41) is 3.01. The van der Waals surface area contributed by atoms with E-state index in [1.54, 1.807) is 0 Å². The second kappa shape index (κ2) is 9.75. The molecule has 1 amide bonds. The lowest BCUT2D eigenvalue weighted by atomic mass is 10.1. The number of amides is 1. The molecule has 2 nitrogen and oxygen atoms in total. The molecule has 112 valence electrons. The number of benzene rings is 1. The molecule has 0 atom stereocenters. The minimum atomic E-state index is -0.457. The van der Waals surface area contributed by atoms with Crippen LogP contribution in [0, 0.1) is 6.92 Å². The van der Waals surface area contributed by atoms with Crippen molar-refractivity contribution >= 4 is 14.7 Å². The molecule has 0 aliphatic rings. The zero-order valence-electron chi connectivity index (χ0n) is 13.2. The Morgan fingerprint density at radius 3 is 2.35 bits per heavy atom. The van der Waals surface area contributed by atoms with Crippen LogP contribution in [0.5, 0.6) is 0 Å². The van der Waals surface area contributed by atoms with E-state index in [-0.39, 0.29) is 5.91 Å². The van der Waals surface area contributed by atoms with E-state index in [0.29, 0.717) is 13.0 Å². The lowest BCUT2D eigenvalue weighted by Crippen LogP contribution is -2.22. The van der Waals surface area contributed by atoms with Crippen LogP contribution in [-0.4, -0.2) is 14.7 Å². The Hall–Kier alpha value is -1.09. The smallest absolute Gasteiger partial charge is 0.220 e. The number of unbranched alkanes of at least 4 members (excludes halogenated alkanes) is 1. The fourth-order valence-corrected chi connectivity index (χ4v) is 4.67. The first-order valence-corrected chi connectivity index (χ1v) is 10.4. The van der Waals surface area contributed by atoms with Crippen LogP contribution in [0.3, 0.4) is 0 Å². The molecule has 0 unspecified atom stereocenters. The predicted molar refractivity (Wildman–Crippen MR) is 89.8 cm³/mol. The fraction of sp³-hybridized carbons (Fsp3) is 0.588. The van der Waals surface area contributed by atoms with E-state index in [9.17, 15) is 4.79 Å². The third kappa shape index (κ3) is 6.90. The van der Waals surface area contributed by atoms with Crippen molar-refractivity contribution in [3.63, 3.8) is 0 Å². The van der Waals surface area contributed by atoms with Crippen molar-refractivity contribution < 1.29 is 4.79 Å². The number of aryl methyl sites for hydroxylation is 1. The summed E-state index contributed by atoms with van der Waals surface area (Å²) in [6.07, 6.45) is 2.96. The molecule has 1 aromatic carbocycles. The monoisotopic (exact) mass is 291 g/mol. The van der Waals surface area contributed by atoms with Crippen molar-refractivity contribution in [3.05, 3.63) is 35.4 Å². The van der Waals surface area contributed by atoms with Gasteiger partial charge in [0, 0.05) is 21.8 Å². The average Bonchev–Trinajstić information content (AvgIpc) is 2.47. The highest BCUT2D eigenvalue weighted by Gasteiger charge is 2.06. The summed E-state index contributed by atoms with van der Waals surface area (Å²) in [6.45, 7) is 7.36. The molecule has 20 heavy (non-hydrogen) atoms. The lowest BCUT2D eigenvalue weighted by Gasteiger charge is -2.10. The van der Waals surface area contributed by atoms with Crippen molar-refractivity contribution in [2.45, 2.75) is 64.7 Å². The number of carbonyl (C=O) groups is 1. The Morgan fingerprint density at radius 1 is 1.10 bits per heavy atom. The minimum Gasteiger partial charge on any atom is -0.352 e. The zero-order valence-corrected chi connectivity index (χ0v) is 14.4. The summed E-state index contributed by atoms with van der Waals surface area (Å²) >= 11 is 0. The molecular weight excluding hydrogens is 262 g/mol. The number of rotatable bonds is 9. The van der Waals surface area contributed by atoms with Gasteiger partial charge < -0.3 is 5.32 Å². The molecule has 1 N–H and O–H groups in total. The van der Waals surface area contributed by atoms with Gasteiger partial charge in [0.1, 0.15) is 0 Å². The summed E-state index contributed by atoms with van der Waals surface area (Å²) in [6, 6.07) is 12.5. The average molecular weight is 292 g/mol. The van der Waals surface area contributed by atoms with Crippen LogP contribution in [-0.2, 0) is 11.3 Å². The van der Waals surface area contributed by atoms with E-state index in [1.807, 2.05) is 0 Å². The number of nitrogens with one attached hydrogen (secondary N) is 1. The maximum Gasteiger partial charge on any atom is 0.220 e. The van der Waals surface area contributed by atoms with E-state index in [0.717, 1.165) is 6.42 Å². The Bertz CT molecular complexity index is 384. The lowest BCUT2D eigenvalue weighted by molar-refractivity contribution is -0.121. The van der Waals surface area contributed by atoms with Crippen molar-refractivity contribution in [2.24, 2.45) is 0 Å². The standard InChI is InChI=1S/C17H29NOSi/c1-4-20(5-2)13-7-6-8-17(19)18-14-16-11-9-15(3)10-12-16/h9-12,20H,4-8,13-14H2,1-3H3,(H,18,19). The van der Waals surface area contributed by atoms with Crippen LogP contribution >= 0.6 is 0 Å². The predicted octanol–water partition coefficient (Wildman–Crippen LogP) is 4.05. The number of carbonyl (C=O) groups excluding carboxylic acids is 1. The van der Waals surface area contributed by atoms with E-state index in [4.69, 9.17) is 0 Å². The molecule has 3 heteroatoms. The van der Waals surface area contributed by atoms with Crippen molar-refractivity contribution in [2.75, 3.05) is 0 Å². The molecule has 0 radical (unpaired) electrons. The highest BCUT2D eigenvalue weighted by Crippen LogP contribution is 2.11. The summed E-state index contributed by atoms with van der Waals surface area (Å²) in [5.74, 6) is 0.191. The SMILES string of the molecule is CC[SiH](CC)CCCCC(=O)NCc1ccc(C)cc1. The van der Waals surface area contributed by atoms with Gasteiger partial charge in [0.05, 0.1) is 0 Å². The molecule has 0 spiro atoms. The first-order valence-electron chi connectivity index (χ1n) is 7.98. The third-order valence-electron chi connectivity index (χ3n) is 4.03. The number of hydrogen-bond donors (Lipinski definition) is 1. The van der Waals surface area contributed by atoms with Gasteiger partial charge in [-0.3, -0.25) is 4.79 Å². The Kier molecular flexibility index (Phi) is 8.27. The fourth-order valence-electron chi connectivity index (χ4n) is 2.41. The van der Waals surface area contributed by atoms with Gasteiger partial charge in [-0.25, -0.2) is 0 Å². The van der Waals surface area contributed by atoms with Gasteiger partial charge >= 0.3 is 0 Å². The largest absolute Gasteiger partial charge is 0.352 e. The second-order valence-corrected chi connectivity index (χ2v) is 9.63. The first kappa shape index (κ1) is 17.0. The first-order chi connectivity index (χ1) is 9.65. The quantitative estimate of drug-likeness (QED) is 0.540. The Balaban J connectivity index is 2.13. The summed E-state index contributed by atoms with van der Waals surface area (Å²) in [7, 11) is -0.457. The molecule has 0 aliphatic heterocycles. The van der Waals surface area contributed by atoms with E-state index in [1.165, 1.54) is 35.7 Å². The van der Waals surface area contributed by atoms with Gasteiger partial charge in [-0.2, -0.15) is 0 Å². The molecule has 0 bridgehead atoms. The topological polar surface area (TPSA) is 29.1 Å². The highest BCUT2D eigenvalue weighted by atomic mass is 28.3. The van der Waals surface area contributed by atoms with Crippen LogP contribution in [0.2, 0.25) is 18.1 Å². The van der Waals surface area contributed by atoms with Crippen molar-refractivity contribution in [1.82, 2.24) is 5.32 Å². The summed E-state index contributed by atoms with van der Waals surface area (Å²) in [4.78, 5) is 11.8. The number of hydrogen-bond acceptors (Lipinski definition) is 1. The maximum absolute atomic E-state index is 11.8. The molecule has 0 saturated heterocycles. The summed E-state index contributed by atoms with van der Waals surface area (Å²) in [5.41, 5.74) is 2.43. The molecule has 1 rings (SSSR count). The molecule has 0 heterocycles. The Labute approximate surface area is 125 Å². The molecular formula is C17H29NOSi. The minimum absolute atomic E-state index is 0.191. The van der Waals surface area contributed by atoms with E-state index in [2.05, 4.69) is 50.4 Å². The molecule has 1 aromatic rings. The Morgan fingerprint density at radius 2 is 1.75 bits per heavy atom. The van der Waals surface area contributed by atoms with Gasteiger partial charge in [-0.1, -0.05) is 68.2 Å². The van der Waals surface area contributed by atoms with Gasteiger partial charge in [-0.05, 0) is 18.9 Å². The van der Waals surface area contributed by atoms with Gasteiger partial charge in [0.25, 0.3) is 0 Å². The molecule has 0 saturated carbocycles.